The molecule has 0 atom stereocenters. The van der Waals surface area contributed by atoms with Crippen molar-refractivity contribution in [2.24, 2.45) is 5.73 Å². The van der Waals surface area contributed by atoms with Crippen LogP contribution in [-0.2, 0) is 16.1 Å². The number of hydrogen-bond acceptors (Lipinski definition) is 5. The van der Waals surface area contributed by atoms with Crippen molar-refractivity contribution in [3.05, 3.63) is 95.8 Å². The van der Waals surface area contributed by atoms with Crippen LogP contribution in [0.3, 0.4) is 0 Å². The van der Waals surface area contributed by atoms with Gasteiger partial charge in [0.1, 0.15) is 18.2 Å². The zero-order valence-electron chi connectivity index (χ0n) is 17.0. The summed E-state index contributed by atoms with van der Waals surface area (Å²) in [4.78, 5) is 28.5. The molecule has 160 valence electrons. The van der Waals surface area contributed by atoms with E-state index < -0.39 is 11.9 Å². The molecule has 2 N–H and O–H groups in total. The lowest BCUT2D eigenvalue weighted by Crippen LogP contribution is -2.20. The minimum absolute atomic E-state index is 0.00906. The summed E-state index contributed by atoms with van der Waals surface area (Å²) in [5, 5.41) is 0.655. The summed E-state index contributed by atoms with van der Waals surface area (Å²) in [5.41, 5.74) is 7.99. The maximum Gasteiger partial charge on any atom is 0.339 e. The molecule has 0 aliphatic rings. The van der Waals surface area contributed by atoms with E-state index in [1.54, 1.807) is 54.6 Å². The molecule has 0 unspecified atom stereocenters. The number of fused-ring (bicyclic) bond motifs is 1. The number of rotatable bonds is 7. The standard InChI is InChI=1S/C25H19FN2O4/c26-18-10-8-17(9-11-18)23-13-21(20-6-1-2-7-22(20)28-23)25(30)32-14-16-4-3-5-19(12-16)31-15-24(27)29/h1-13H,14-15H2,(H2,27,29). The number of aromatic nitrogens is 1. The molecule has 0 aliphatic carbocycles. The van der Waals surface area contributed by atoms with Gasteiger partial charge in [0.2, 0.25) is 0 Å². The number of hydrogen-bond donors (Lipinski definition) is 1. The molecule has 7 heteroatoms. The molecule has 4 rings (SSSR count). The summed E-state index contributed by atoms with van der Waals surface area (Å²) in [5.74, 6) is -1.000. The predicted molar refractivity (Wildman–Crippen MR) is 117 cm³/mol. The minimum Gasteiger partial charge on any atom is -0.484 e. The molecule has 3 aromatic carbocycles. The number of primary amides is 1. The molecule has 0 saturated heterocycles. The molecule has 0 saturated carbocycles. The number of nitrogens with two attached hydrogens (primary N) is 1. The number of carbonyl (C=O) groups excluding carboxylic acids is 2. The molecule has 0 aliphatic heterocycles. The lowest BCUT2D eigenvalue weighted by molar-refractivity contribution is -0.119. The second-order valence-corrected chi connectivity index (χ2v) is 7.06. The highest BCUT2D eigenvalue weighted by Gasteiger charge is 2.15. The lowest BCUT2D eigenvalue weighted by Gasteiger charge is -2.11. The second kappa shape index (κ2) is 9.26. The Bertz CT molecular complexity index is 1290. The van der Waals surface area contributed by atoms with Gasteiger partial charge in [-0.2, -0.15) is 0 Å². The third-order valence-electron chi connectivity index (χ3n) is 4.73. The monoisotopic (exact) mass is 430 g/mol. The van der Waals surface area contributed by atoms with E-state index in [9.17, 15) is 14.0 Å². The third kappa shape index (κ3) is 4.89. The number of nitrogens with zero attached hydrogens (tertiary/aromatic N) is 1. The SMILES string of the molecule is NC(=O)COc1cccc(COC(=O)c2cc(-c3ccc(F)cc3)nc3ccccc23)c1. The van der Waals surface area contributed by atoms with Gasteiger partial charge in [0.25, 0.3) is 5.91 Å². The van der Waals surface area contributed by atoms with E-state index in [0.29, 0.717) is 39.0 Å². The van der Waals surface area contributed by atoms with Crippen LogP contribution >= 0.6 is 0 Å². The van der Waals surface area contributed by atoms with Crippen LogP contribution in [0.5, 0.6) is 5.75 Å². The maximum absolute atomic E-state index is 13.3. The van der Waals surface area contributed by atoms with Gasteiger partial charge in [0, 0.05) is 10.9 Å². The number of halogens is 1. The fourth-order valence-corrected chi connectivity index (χ4v) is 3.22. The van der Waals surface area contributed by atoms with Crippen LogP contribution in [0.4, 0.5) is 4.39 Å². The Kier molecular flexibility index (Phi) is 6.07. The molecular weight excluding hydrogens is 411 g/mol. The second-order valence-electron chi connectivity index (χ2n) is 7.06. The third-order valence-corrected chi connectivity index (χ3v) is 4.73. The first-order valence-corrected chi connectivity index (χ1v) is 9.82. The largest absolute Gasteiger partial charge is 0.484 e. The number of para-hydroxylation sites is 1. The van der Waals surface area contributed by atoms with E-state index in [-0.39, 0.29) is 19.0 Å². The van der Waals surface area contributed by atoms with Crippen molar-refractivity contribution in [3.8, 4) is 17.0 Å². The average molecular weight is 430 g/mol. The van der Waals surface area contributed by atoms with Gasteiger partial charge in [0.05, 0.1) is 16.8 Å². The van der Waals surface area contributed by atoms with Gasteiger partial charge in [-0.25, -0.2) is 14.2 Å². The normalized spacial score (nSPS) is 10.7. The Hall–Kier alpha value is -4.26. The van der Waals surface area contributed by atoms with Crippen molar-refractivity contribution >= 4 is 22.8 Å². The van der Waals surface area contributed by atoms with Gasteiger partial charge in [-0.15, -0.1) is 0 Å². The van der Waals surface area contributed by atoms with Crippen molar-refractivity contribution in [3.63, 3.8) is 0 Å². The summed E-state index contributed by atoms with van der Waals surface area (Å²) < 4.78 is 24.1. The Morgan fingerprint density at radius 3 is 2.50 bits per heavy atom. The van der Waals surface area contributed by atoms with Gasteiger partial charge in [-0.3, -0.25) is 4.79 Å². The van der Waals surface area contributed by atoms with Gasteiger partial charge >= 0.3 is 5.97 Å². The number of ether oxygens (including phenoxy) is 2. The predicted octanol–water partition coefficient (Wildman–Crippen LogP) is 4.26. The fraction of sp³-hybridized carbons (Fsp3) is 0.0800. The van der Waals surface area contributed by atoms with E-state index in [2.05, 4.69) is 4.98 Å². The Labute approximate surface area is 183 Å². The van der Waals surface area contributed by atoms with Crippen molar-refractivity contribution in [1.82, 2.24) is 4.98 Å². The Morgan fingerprint density at radius 2 is 1.72 bits per heavy atom. The zero-order valence-corrected chi connectivity index (χ0v) is 17.0. The molecule has 4 aromatic rings. The number of amides is 1. The molecular formula is C25H19FN2O4. The summed E-state index contributed by atoms with van der Waals surface area (Å²) in [6.07, 6.45) is 0. The van der Waals surface area contributed by atoms with Gasteiger partial charge in [0.15, 0.2) is 6.61 Å². The van der Waals surface area contributed by atoms with Crippen LogP contribution in [0.15, 0.2) is 78.9 Å². The fourth-order valence-electron chi connectivity index (χ4n) is 3.22. The van der Waals surface area contributed by atoms with E-state index in [1.807, 2.05) is 12.1 Å². The highest BCUT2D eigenvalue weighted by molar-refractivity contribution is 6.04. The lowest BCUT2D eigenvalue weighted by atomic mass is 10.0. The molecule has 0 bridgehead atoms. The first-order valence-electron chi connectivity index (χ1n) is 9.82. The number of carbonyl (C=O) groups is 2. The van der Waals surface area contributed by atoms with E-state index >= 15 is 0 Å². The molecule has 32 heavy (non-hydrogen) atoms. The number of pyridine rings is 1. The molecule has 1 amide bonds. The summed E-state index contributed by atoms with van der Waals surface area (Å²) >= 11 is 0. The van der Waals surface area contributed by atoms with E-state index in [0.717, 1.165) is 0 Å². The van der Waals surface area contributed by atoms with Crippen LogP contribution in [0.1, 0.15) is 15.9 Å². The van der Waals surface area contributed by atoms with Gasteiger partial charge < -0.3 is 15.2 Å². The van der Waals surface area contributed by atoms with Gasteiger partial charge in [-0.1, -0.05) is 30.3 Å². The van der Waals surface area contributed by atoms with Crippen molar-refractivity contribution < 1.29 is 23.5 Å². The zero-order chi connectivity index (χ0) is 22.5. The summed E-state index contributed by atoms with van der Waals surface area (Å²) in [7, 11) is 0. The first kappa shape index (κ1) is 21.0. The highest BCUT2D eigenvalue weighted by Crippen LogP contribution is 2.26. The van der Waals surface area contributed by atoms with Crippen molar-refractivity contribution in [2.45, 2.75) is 6.61 Å². The van der Waals surface area contributed by atoms with Crippen LogP contribution in [-0.4, -0.2) is 23.5 Å². The average Bonchev–Trinajstić information content (AvgIpc) is 2.81. The van der Waals surface area contributed by atoms with Crippen LogP contribution in [0, 0.1) is 5.82 Å². The summed E-state index contributed by atoms with van der Waals surface area (Å²) in [6, 6.07) is 21.7. The molecule has 6 nitrogen and oxygen atoms in total. The molecule has 0 fully saturated rings. The van der Waals surface area contributed by atoms with Crippen LogP contribution < -0.4 is 10.5 Å². The molecule has 1 heterocycles. The molecule has 1 aromatic heterocycles. The molecule has 0 spiro atoms. The van der Waals surface area contributed by atoms with Crippen LogP contribution in [0.25, 0.3) is 22.2 Å². The van der Waals surface area contributed by atoms with Gasteiger partial charge in [-0.05, 0) is 54.1 Å². The van der Waals surface area contributed by atoms with Crippen molar-refractivity contribution in [2.75, 3.05) is 6.61 Å². The minimum atomic E-state index is -0.580. The Morgan fingerprint density at radius 1 is 0.938 bits per heavy atom. The maximum atomic E-state index is 13.3. The topological polar surface area (TPSA) is 91.5 Å². The highest BCUT2D eigenvalue weighted by atomic mass is 19.1. The smallest absolute Gasteiger partial charge is 0.339 e. The molecule has 0 radical (unpaired) electrons. The number of benzene rings is 3. The van der Waals surface area contributed by atoms with E-state index in [4.69, 9.17) is 15.2 Å². The summed E-state index contributed by atoms with van der Waals surface area (Å²) in [6.45, 7) is -0.229. The van der Waals surface area contributed by atoms with E-state index in [1.165, 1.54) is 12.1 Å². The quantitative estimate of drug-likeness (QED) is 0.442. The van der Waals surface area contributed by atoms with Crippen molar-refractivity contribution in [1.29, 1.82) is 0 Å². The Balaban J connectivity index is 1.59. The van der Waals surface area contributed by atoms with Crippen LogP contribution in [0.2, 0.25) is 0 Å². The first-order chi connectivity index (χ1) is 15.5. The number of esters is 1.